The molecule has 0 saturated carbocycles. The number of nitrogens with zero attached hydrogens (tertiary/aromatic N) is 3. The number of hydrazine groups is 1. The highest BCUT2D eigenvalue weighted by Gasteiger charge is 2.28. The average Bonchev–Trinajstić information content (AvgIpc) is 2.91. The van der Waals surface area contributed by atoms with Crippen molar-refractivity contribution in [1.29, 1.82) is 0 Å². The van der Waals surface area contributed by atoms with Gasteiger partial charge in [0.25, 0.3) is 5.91 Å². The standard InChI is InChI=1S/C22H35N5O3.C11H10/c1-22(2,23)14-10-13-19(28)26(5)16-20(29)27(6)18(21(30)24-25(3)4)15-17-11-8-7-9-12-17;1-9-6-7-10-4-2-3-5-11(10)8-9/h7-13,18H,14-16,23H2,1-6H3,(H,24,30);2-8H,1H3/b13-10+;. The van der Waals surface area contributed by atoms with Crippen molar-refractivity contribution in [3.63, 3.8) is 0 Å². The van der Waals surface area contributed by atoms with E-state index < -0.39 is 11.6 Å². The zero-order valence-electron chi connectivity index (χ0n) is 25.4. The number of likely N-dealkylation sites (N-methyl/N-ethyl adjacent to an activating group) is 2. The molecular weight excluding hydrogens is 514 g/mol. The highest BCUT2D eigenvalue weighted by atomic mass is 16.2. The van der Waals surface area contributed by atoms with E-state index >= 15 is 0 Å². The molecule has 0 fully saturated rings. The zero-order chi connectivity index (χ0) is 30.6. The minimum Gasteiger partial charge on any atom is -0.333 e. The summed E-state index contributed by atoms with van der Waals surface area (Å²) in [6, 6.07) is 23.7. The Morgan fingerprint density at radius 2 is 1.51 bits per heavy atom. The second-order valence-electron chi connectivity index (χ2n) is 11.2. The number of benzene rings is 3. The second-order valence-corrected chi connectivity index (χ2v) is 11.2. The molecule has 0 aromatic heterocycles. The quantitative estimate of drug-likeness (QED) is 0.290. The van der Waals surface area contributed by atoms with Crippen LogP contribution in [0.2, 0.25) is 0 Å². The number of rotatable bonds is 10. The largest absolute Gasteiger partial charge is 0.333 e. The first-order valence-corrected chi connectivity index (χ1v) is 13.7. The number of hydrogen-bond acceptors (Lipinski definition) is 5. The topological polar surface area (TPSA) is 99.0 Å². The predicted molar refractivity (Wildman–Crippen MR) is 167 cm³/mol. The molecule has 8 heteroatoms. The first-order chi connectivity index (χ1) is 19.3. The summed E-state index contributed by atoms with van der Waals surface area (Å²) in [5, 5.41) is 4.18. The fourth-order valence-corrected chi connectivity index (χ4v) is 4.00. The number of hydrogen-bond donors (Lipinski definition) is 2. The lowest BCUT2D eigenvalue weighted by Gasteiger charge is -2.30. The second kappa shape index (κ2) is 15.7. The van der Waals surface area contributed by atoms with Gasteiger partial charge in [-0.3, -0.25) is 19.8 Å². The number of amides is 3. The minimum absolute atomic E-state index is 0.133. The van der Waals surface area contributed by atoms with Crippen molar-refractivity contribution in [3.05, 3.63) is 96.1 Å². The smallest absolute Gasteiger partial charge is 0.257 e. The van der Waals surface area contributed by atoms with Gasteiger partial charge in [-0.2, -0.15) is 0 Å². The van der Waals surface area contributed by atoms with Crippen molar-refractivity contribution in [3.8, 4) is 0 Å². The molecular formula is C33H45N5O3. The lowest BCUT2D eigenvalue weighted by Crippen LogP contribution is -2.53. The molecule has 1 atom stereocenters. The average molecular weight is 560 g/mol. The monoisotopic (exact) mass is 559 g/mol. The Kier molecular flexibility index (Phi) is 12.7. The van der Waals surface area contributed by atoms with E-state index in [-0.39, 0.29) is 24.3 Å². The van der Waals surface area contributed by atoms with Crippen LogP contribution in [-0.2, 0) is 20.8 Å². The van der Waals surface area contributed by atoms with Gasteiger partial charge in [-0.15, -0.1) is 0 Å². The summed E-state index contributed by atoms with van der Waals surface area (Å²) in [6.45, 7) is 5.73. The van der Waals surface area contributed by atoms with Crippen molar-refractivity contribution in [2.45, 2.75) is 45.2 Å². The summed E-state index contributed by atoms with van der Waals surface area (Å²) in [4.78, 5) is 40.5. The van der Waals surface area contributed by atoms with Gasteiger partial charge < -0.3 is 15.5 Å². The molecule has 3 aromatic rings. The van der Waals surface area contributed by atoms with Gasteiger partial charge in [-0.05, 0) is 49.6 Å². The Bertz CT molecular complexity index is 1320. The van der Waals surface area contributed by atoms with Crippen LogP contribution in [0.25, 0.3) is 10.8 Å². The van der Waals surface area contributed by atoms with Gasteiger partial charge in [0, 0.05) is 40.2 Å². The first-order valence-electron chi connectivity index (χ1n) is 13.7. The predicted octanol–water partition coefficient (Wildman–Crippen LogP) is 3.94. The van der Waals surface area contributed by atoms with Crippen LogP contribution in [-0.4, -0.2) is 78.8 Å². The van der Waals surface area contributed by atoms with E-state index in [0.717, 1.165) is 5.56 Å². The SMILES string of the molecule is CN(C)NC(=O)C(Cc1ccccc1)N(C)C(=O)CN(C)C(=O)/C=C/CC(C)(C)N.Cc1ccc2ccccc2c1. The maximum atomic E-state index is 12.8. The summed E-state index contributed by atoms with van der Waals surface area (Å²) < 4.78 is 0. The van der Waals surface area contributed by atoms with Gasteiger partial charge in [0.15, 0.2) is 0 Å². The third kappa shape index (κ3) is 11.9. The molecule has 41 heavy (non-hydrogen) atoms. The number of nitrogens with one attached hydrogen (secondary N) is 1. The fraction of sp³-hybridized carbons (Fsp3) is 0.364. The maximum absolute atomic E-state index is 12.8. The Hall–Kier alpha value is -4.01. The lowest BCUT2D eigenvalue weighted by atomic mass is 10.0. The summed E-state index contributed by atoms with van der Waals surface area (Å²) in [6.07, 6.45) is 4.04. The van der Waals surface area contributed by atoms with E-state index in [0.29, 0.717) is 12.8 Å². The molecule has 0 radical (unpaired) electrons. The number of carbonyl (C=O) groups is 3. The van der Waals surface area contributed by atoms with Gasteiger partial charge in [-0.25, -0.2) is 5.01 Å². The Morgan fingerprint density at radius 1 is 0.902 bits per heavy atom. The van der Waals surface area contributed by atoms with Crippen molar-refractivity contribution in [1.82, 2.24) is 20.2 Å². The van der Waals surface area contributed by atoms with Crippen LogP contribution in [0.4, 0.5) is 0 Å². The van der Waals surface area contributed by atoms with E-state index in [1.54, 1.807) is 34.3 Å². The van der Waals surface area contributed by atoms with Crippen LogP contribution < -0.4 is 11.2 Å². The summed E-state index contributed by atoms with van der Waals surface area (Å²) in [7, 11) is 6.55. The molecule has 0 bridgehead atoms. The molecule has 3 aromatic carbocycles. The molecule has 220 valence electrons. The number of fused-ring (bicyclic) bond motifs is 1. The Labute approximate surface area is 244 Å². The van der Waals surface area contributed by atoms with Crippen LogP contribution >= 0.6 is 0 Å². The fourth-order valence-electron chi connectivity index (χ4n) is 4.00. The van der Waals surface area contributed by atoms with Gasteiger partial charge in [-0.1, -0.05) is 84.4 Å². The van der Waals surface area contributed by atoms with E-state index in [4.69, 9.17) is 5.73 Å². The normalized spacial score (nSPS) is 12.0. The van der Waals surface area contributed by atoms with Crippen molar-refractivity contribution in [2.24, 2.45) is 5.73 Å². The molecule has 0 saturated heterocycles. The van der Waals surface area contributed by atoms with E-state index in [9.17, 15) is 14.4 Å². The van der Waals surface area contributed by atoms with Crippen LogP contribution in [0.3, 0.4) is 0 Å². The molecule has 0 aliphatic heterocycles. The molecule has 0 heterocycles. The van der Waals surface area contributed by atoms with Gasteiger partial charge in [0.1, 0.15) is 6.04 Å². The molecule has 0 spiro atoms. The molecule has 3 rings (SSSR count). The Balaban J connectivity index is 0.000000438. The molecule has 0 aliphatic carbocycles. The zero-order valence-corrected chi connectivity index (χ0v) is 25.4. The van der Waals surface area contributed by atoms with E-state index in [2.05, 4.69) is 54.8 Å². The first kappa shape index (κ1) is 33.2. The van der Waals surface area contributed by atoms with Crippen LogP contribution in [0.15, 0.2) is 84.9 Å². The highest BCUT2D eigenvalue weighted by Crippen LogP contribution is 2.14. The molecule has 3 N–H and O–H groups in total. The lowest BCUT2D eigenvalue weighted by molar-refractivity contribution is -0.143. The minimum atomic E-state index is -0.709. The molecule has 8 nitrogen and oxygen atoms in total. The number of aryl methyl sites for hydroxylation is 1. The van der Waals surface area contributed by atoms with E-state index in [1.807, 2.05) is 44.2 Å². The summed E-state index contributed by atoms with van der Waals surface area (Å²) in [5.41, 5.74) is 10.5. The van der Waals surface area contributed by atoms with E-state index in [1.165, 1.54) is 37.2 Å². The number of nitrogens with two attached hydrogens (primary N) is 1. The third-order valence-corrected chi connectivity index (χ3v) is 6.33. The van der Waals surface area contributed by atoms with Crippen LogP contribution in [0.5, 0.6) is 0 Å². The molecule has 3 amide bonds. The summed E-state index contributed by atoms with van der Waals surface area (Å²) in [5.74, 6) is -0.912. The van der Waals surface area contributed by atoms with Crippen LogP contribution in [0.1, 0.15) is 31.4 Å². The van der Waals surface area contributed by atoms with Gasteiger partial charge in [0.2, 0.25) is 11.8 Å². The van der Waals surface area contributed by atoms with Gasteiger partial charge in [0.05, 0.1) is 6.54 Å². The molecule has 0 aliphatic rings. The van der Waals surface area contributed by atoms with Crippen molar-refractivity contribution < 1.29 is 14.4 Å². The summed E-state index contributed by atoms with van der Waals surface area (Å²) >= 11 is 0. The number of carbonyl (C=O) groups excluding carboxylic acids is 3. The van der Waals surface area contributed by atoms with Crippen molar-refractivity contribution in [2.75, 3.05) is 34.7 Å². The van der Waals surface area contributed by atoms with Crippen molar-refractivity contribution >= 4 is 28.5 Å². The Morgan fingerprint density at radius 3 is 2.12 bits per heavy atom. The van der Waals surface area contributed by atoms with Gasteiger partial charge >= 0.3 is 0 Å². The highest BCUT2D eigenvalue weighted by molar-refractivity contribution is 5.93. The third-order valence-electron chi connectivity index (χ3n) is 6.33. The maximum Gasteiger partial charge on any atom is 0.257 e. The molecule has 1 unspecified atom stereocenters. The van der Waals surface area contributed by atoms with Crippen LogP contribution in [0, 0.1) is 6.92 Å².